The van der Waals surface area contributed by atoms with E-state index in [1.807, 2.05) is 0 Å². The van der Waals surface area contributed by atoms with E-state index >= 15 is 0 Å². The minimum Gasteiger partial charge on any atom is -0.328 e. The molecule has 0 radical (unpaired) electrons. The molecule has 1 saturated carbocycles. The highest BCUT2D eigenvalue weighted by molar-refractivity contribution is 7.89. The average Bonchev–Trinajstić information content (AvgIpc) is 2.39. The van der Waals surface area contributed by atoms with Gasteiger partial charge in [-0.3, -0.25) is 0 Å². The first kappa shape index (κ1) is 14.8. The van der Waals surface area contributed by atoms with Crippen molar-refractivity contribution >= 4 is 21.6 Å². The van der Waals surface area contributed by atoms with E-state index in [0.717, 1.165) is 25.7 Å². The molecule has 1 aromatic rings. The average molecular weight is 303 g/mol. The Morgan fingerprint density at radius 3 is 2.47 bits per heavy atom. The van der Waals surface area contributed by atoms with Gasteiger partial charge in [0.05, 0.1) is 4.90 Å². The van der Waals surface area contributed by atoms with Crippen molar-refractivity contribution in [1.29, 1.82) is 0 Å². The minimum atomic E-state index is -3.47. The van der Waals surface area contributed by atoms with Crippen LogP contribution in [-0.2, 0) is 10.0 Å². The zero-order valence-corrected chi connectivity index (χ0v) is 12.5. The van der Waals surface area contributed by atoms with Gasteiger partial charge in [0.25, 0.3) is 0 Å². The van der Waals surface area contributed by atoms with E-state index in [0.29, 0.717) is 5.02 Å². The van der Waals surface area contributed by atoms with Crippen LogP contribution >= 0.6 is 11.6 Å². The lowest BCUT2D eigenvalue weighted by molar-refractivity contribution is 0.268. The van der Waals surface area contributed by atoms with Crippen LogP contribution in [0.5, 0.6) is 0 Å². The second-order valence-electron chi connectivity index (χ2n) is 5.05. The summed E-state index contributed by atoms with van der Waals surface area (Å²) in [5.74, 6) is 0. The molecule has 0 saturated heterocycles. The number of benzene rings is 1. The monoisotopic (exact) mass is 302 g/mol. The van der Waals surface area contributed by atoms with Crippen molar-refractivity contribution < 1.29 is 8.42 Å². The molecule has 2 N–H and O–H groups in total. The second kappa shape index (κ2) is 5.79. The Morgan fingerprint density at radius 2 is 1.89 bits per heavy atom. The molecule has 1 aromatic carbocycles. The summed E-state index contributed by atoms with van der Waals surface area (Å²) in [5, 5.41) is 0.431. The summed E-state index contributed by atoms with van der Waals surface area (Å²) in [4.78, 5) is 0.248. The number of hydrogen-bond donors (Lipinski definition) is 1. The van der Waals surface area contributed by atoms with Gasteiger partial charge in [-0.2, -0.15) is 4.31 Å². The largest absolute Gasteiger partial charge is 0.328 e. The standard InChI is InChI=1S/C13H19ClN2O2S/c1-16(12-7-5-11(15)6-8-12)19(17,18)13-4-2-3-10(14)9-13/h2-4,9,11-12H,5-8,15H2,1H3. The normalized spacial score (nSPS) is 24.6. The Kier molecular flexibility index (Phi) is 4.50. The van der Waals surface area contributed by atoms with Crippen LogP contribution in [0, 0.1) is 0 Å². The van der Waals surface area contributed by atoms with Crippen LogP contribution < -0.4 is 5.73 Å². The van der Waals surface area contributed by atoms with Gasteiger partial charge in [-0.15, -0.1) is 0 Å². The highest BCUT2D eigenvalue weighted by atomic mass is 35.5. The van der Waals surface area contributed by atoms with Gasteiger partial charge >= 0.3 is 0 Å². The van der Waals surface area contributed by atoms with Gasteiger partial charge < -0.3 is 5.73 Å². The van der Waals surface area contributed by atoms with Crippen molar-refractivity contribution in [3.8, 4) is 0 Å². The predicted octanol–water partition coefficient (Wildman–Crippen LogP) is 2.23. The first-order chi connectivity index (χ1) is 8.91. The molecule has 0 unspecified atom stereocenters. The third-order valence-electron chi connectivity index (χ3n) is 3.73. The van der Waals surface area contributed by atoms with Gasteiger partial charge in [-0.1, -0.05) is 17.7 Å². The van der Waals surface area contributed by atoms with E-state index in [-0.39, 0.29) is 17.0 Å². The Labute approximate surface area is 119 Å². The molecule has 0 aliphatic heterocycles. The topological polar surface area (TPSA) is 63.4 Å². The van der Waals surface area contributed by atoms with Crippen LogP contribution in [0.1, 0.15) is 25.7 Å². The maximum Gasteiger partial charge on any atom is 0.243 e. The number of sulfonamides is 1. The van der Waals surface area contributed by atoms with E-state index in [2.05, 4.69) is 0 Å². The van der Waals surface area contributed by atoms with Crippen LogP contribution in [0.4, 0.5) is 0 Å². The van der Waals surface area contributed by atoms with Crippen LogP contribution in [0.3, 0.4) is 0 Å². The lowest BCUT2D eigenvalue weighted by Gasteiger charge is -2.32. The van der Waals surface area contributed by atoms with Gasteiger partial charge in [-0.05, 0) is 43.9 Å². The number of nitrogens with zero attached hydrogens (tertiary/aromatic N) is 1. The van der Waals surface area contributed by atoms with Crippen molar-refractivity contribution in [2.24, 2.45) is 5.73 Å². The molecule has 6 heteroatoms. The van der Waals surface area contributed by atoms with Gasteiger partial charge in [0.15, 0.2) is 0 Å². The van der Waals surface area contributed by atoms with Crippen LogP contribution in [0.15, 0.2) is 29.2 Å². The molecule has 0 amide bonds. The van der Waals surface area contributed by atoms with Gasteiger partial charge in [0, 0.05) is 24.2 Å². The summed E-state index contributed by atoms with van der Waals surface area (Å²) >= 11 is 5.86. The summed E-state index contributed by atoms with van der Waals surface area (Å²) in [6.07, 6.45) is 3.38. The van der Waals surface area contributed by atoms with Crippen LogP contribution in [-0.4, -0.2) is 31.9 Å². The minimum absolute atomic E-state index is 0.0313. The van der Waals surface area contributed by atoms with Crippen molar-refractivity contribution in [2.75, 3.05) is 7.05 Å². The first-order valence-corrected chi connectivity index (χ1v) is 8.22. The van der Waals surface area contributed by atoms with Crippen molar-refractivity contribution in [3.63, 3.8) is 0 Å². The van der Waals surface area contributed by atoms with Crippen molar-refractivity contribution in [1.82, 2.24) is 4.31 Å². The molecule has 0 aromatic heterocycles. The molecular formula is C13H19ClN2O2S. The van der Waals surface area contributed by atoms with E-state index in [4.69, 9.17) is 17.3 Å². The molecule has 0 spiro atoms. The summed E-state index contributed by atoms with van der Waals surface area (Å²) in [7, 11) is -1.83. The predicted molar refractivity (Wildman–Crippen MR) is 76.6 cm³/mol. The summed E-state index contributed by atoms with van der Waals surface area (Å²) < 4.78 is 26.5. The Balaban J connectivity index is 2.20. The fourth-order valence-electron chi connectivity index (χ4n) is 2.46. The molecule has 1 aliphatic rings. The molecule has 0 heterocycles. The summed E-state index contributed by atoms with van der Waals surface area (Å²) in [6, 6.07) is 6.62. The fraction of sp³-hybridized carbons (Fsp3) is 0.538. The van der Waals surface area contributed by atoms with E-state index in [1.54, 1.807) is 25.2 Å². The summed E-state index contributed by atoms with van der Waals surface area (Å²) in [6.45, 7) is 0. The molecule has 106 valence electrons. The number of hydrogen-bond acceptors (Lipinski definition) is 3. The quantitative estimate of drug-likeness (QED) is 0.931. The molecule has 4 nitrogen and oxygen atoms in total. The van der Waals surface area contributed by atoms with Crippen molar-refractivity contribution in [3.05, 3.63) is 29.3 Å². The molecule has 0 atom stereocenters. The lowest BCUT2D eigenvalue weighted by Crippen LogP contribution is -2.41. The Hall–Kier alpha value is -0.620. The van der Waals surface area contributed by atoms with Crippen LogP contribution in [0.2, 0.25) is 5.02 Å². The molecule has 2 rings (SSSR count). The summed E-state index contributed by atoms with van der Waals surface area (Å²) in [5.41, 5.74) is 5.85. The molecule has 1 aliphatic carbocycles. The van der Waals surface area contributed by atoms with Gasteiger partial charge in [-0.25, -0.2) is 8.42 Å². The number of halogens is 1. The van der Waals surface area contributed by atoms with Crippen molar-refractivity contribution in [2.45, 2.75) is 42.7 Å². The zero-order valence-electron chi connectivity index (χ0n) is 10.9. The third-order valence-corrected chi connectivity index (χ3v) is 5.87. The SMILES string of the molecule is CN(C1CCC(N)CC1)S(=O)(=O)c1cccc(Cl)c1. The second-order valence-corrected chi connectivity index (χ2v) is 7.48. The highest BCUT2D eigenvalue weighted by Crippen LogP contribution is 2.27. The fourth-order valence-corrected chi connectivity index (χ4v) is 4.17. The van der Waals surface area contributed by atoms with Crippen LogP contribution in [0.25, 0.3) is 0 Å². The lowest BCUT2D eigenvalue weighted by atomic mass is 9.92. The molecular weight excluding hydrogens is 284 g/mol. The molecule has 1 fully saturated rings. The zero-order chi connectivity index (χ0) is 14.0. The van der Waals surface area contributed by atoms with E-state index in [9.17, 15) is 8.42 Å². The van der Waals surface area contributed by atoms with Gasteiger partial charge in [0.2, 0.25) is 10.0 Å². The first-order valence-electron chi connectivity index (χ1n) is 6.40. The smallest absolute Gasteiger partial charge is 0.243 e. The Morgan fingerprint density at radius 1 is 1.26 bits per heavy atom. The number of rotatable bonds is 3. The third kappa shape index (κ3) is 3.28. The highest BCUT2D eigenvalue weighted by Gasteiger charge is 2.30. The molecule has 0 bridgehead atoms. The van der Waals surface area contributed by atoms with Gasteiger partial charge in [0.1, 0.15) is 0 Å². The van der Waals surface area contributed by atoms with E-state index < -0.39 is 10.0 Å². The molecule has 19 heavy (non-hydrogen) atoms. The maximum atomic E-state index is 12.5. The maximum absolute atomic E-state index is 12.5. The Bertz CT molecular complexity index is 539. The number of nitrogens with two attached hydrogens (primary N) is 1. The van der Waals surface area contributed by atoms with E-state index in [1.165, 1.54) is 10.4 Å².